The number of aliphatic hydroxyl groups excluding tert-OH is 1. The van der Waals surface area contributed by atoms with Crippen molar-refractivity contribution in [3.8, 4) is 0 Å². The van der Waals surface area contributed by atoms with Crippen LogP contribution < -0.4 is 0 Å². The molecule has 2 saturated carbocycles. The first kappa shape index (κ1) is 7.56. The fourth-order valence-corrected chi connectivity index (χ4v) is 2.81. The van der Waals surface area contributed by atoms with Crippen molar-refractivity contribution in [1.82, 2.24) is 0 Å². The molecular weight excluding hydrogens is 140 g/mol. The fraction of sp³-hybridized carbons (Fsp3) is 1.00. The molecule has 2 heteroatoms. The quantitative estimate of drug-likeness (QED) is 0.617. The zero-order chi connectivity index (χ0) is 7.84. The number of rotatable bonds is 1. The van der Waals surface area contributed by atoms with Crippen molar-refractivity contribution >= 4 is 0 Å². The molecule has 1 N–H and O–H groups in total. The number of hydrogen-bond donors (Lipinski definition) is 1. The highest BCUT2D eigenvalue weighted by molar-refractivity contribution is 4.94. The molecule has 11 heavy (non-hydrogen) atoms. The second-order valence-corrected chi connectivity index (χ2v) is 3.82. The minimum absolute atomic E-state index is 0.0276. The Labute approximate surface area is 67.6 Å². The summed E-state index contributed by atoms with van der Waals surface area (Å²) in [5.74, 6) is 1.22. The van der Waals surface area contributed by atoms with E-state index in [1.807, 2.05) is 0 Å². The van der Waals surface area contributed by atoms with Crippen molar-refractivity contribution in [1.29, 1.82) is 0 Å². The third-order valence-electron chi connectivity index (χ3n) is 3.40. The van der Waals surface area contributed by atoms with Crippen LogP contribution in [0.25, 0.3) is 0 Å². The van der Waals surface area contributed by atoms with Crippen LogP contribution in [-0.4, -0.2) is 24.4 Å². The Hall–Kier alpha value is -0.0800. The van der Waals surface area contributed by atoms with Gasteiger partial charge in [0, 0.05) is 7.11 Å². The molecular formula is C9H16O2. The fourth-order valence-electron chi connectivity index (χ4n) is 2.81. The summed E-state index contributed by atoms with van der Waals surface area (Å²) in [7, 11) is 1.79. The molecule has 0 radical (unpaired) electrons. The third kappa shape index (κ3) is 1.09. The Kier molecular flexibility index (Phi) is 1.90. The minimum atomic E-state index is -0.0276. The standard InChI is InChI=1S/C9H16O2/c1-11-9-5-3-6-7(9)2-4-8(6)10/h6-10H,2-5H2,1H3/t6-,7-,8+,9+/m0/s1. The van der Waals surface area contributed by atoms with Crippen LogP contribution in [0.5, 0.6) is 0 Å². The summed E-state index contributed by atoms with van der Waals surface area (Å²) in [6, 6.07) is 0. The van der Waals surface area contributed by atoms with Crippen molar-refractivity contribution < 1.29 is 9.84 Å². The van der Waals surface area contributed by atoms with Gasteiger partial charge in [-0.2, -0.15) is 0 Å². The minimum Gasteiger partial charge on any atom is -0.393 e. The van der Waals surface area contributed by atoms with E-state index in [9.17, 15) is 5.11 Å². The first-order valence-corrected chi connectivity index (χ1v) is 4.54. The van der Waals surface area contributed by atoms with Gasteiger partial charge in [0.2, 0.25) is 0 Å². The summed E-state index contributed by atoms with van der Waals surface area (Å²) in [4.78, 5) is 0. The van der Waals surface area contributed by atoms with Crippen LogP contribution in [0, 0.1) is 11.8 Å². The molecule has 0 aromatic rings. The summed E-state index contributed by atoms with van der Waals surface area (Å²) >= 11 is 0. The van der Waals surface area contributed by atoms with E-state index >= 15 is 0 Å². The van der Waals surface area contributed by atoms with Crippen molar-refractivity contribution in [2.24, 2.45) is 11.8 Å². The van der Waals surface area contributed by atoms with E-state index in [0.29, 0.717) is 17.9 Å². The zero-order valence-corrected chi connectivity index (χ0v) is 6.99. The second-order valence-electron chi connectivity index (χ2n) is 3.82. The summed E-state index contributed by atoms with van der Waals surface area (Å²) in [6.07, 6.45) is 4.91. The van der Waals surface area contributed by atoms with Crippen molar-refractivity contribution in [3.63, 3.8) is 0 Å². The summed E-state index contributed by atoms with van der Waals surface area (Å²) in [5.41, 5.74) is 0. The van der Waals surface area contributed by atoms with E-state index in [2.05, 4.69) is 0 Å². The lowest BCUT2D eigenvalue weighted by Crippen LogP contribution is -2.20. The maximum atomic E-state index is 9.56. The molecule has 0 saturated heterocycles. The van der Waals surface area contributed by atoms with Gasteiger partial charge < -0.3 is 9.84 Å². The van der Waals surface area contributed by atoms with Crippen LogP contribution in [0.3, 0.4) is 0 Å². The van der Waals surface area contributed by atoms with Gasteiger partial charge in [-0.3, -0.25) is 0 Å². The predicted molar refractivity (Wildman–Crippen MR) is 42.3 cm³/mol. The molecule has 4 atom stereocenters. The van der Waals surface area contributed by atoms with Gasteiger partial charge in [-0.15, -0.1) is 0 Å². The van der Waals surface area contributed by atoms with Crippen LogP contribution in [0.2, 0.25) is 0 Å². The molecule has 2 fully saturated rings. The molecule has 2 aliphatic rings. The maximum absolute atomic E-state index is 9.56. The molecule has 2 rings (SSSR count). The molecule has 2 nitrogen and oxygen atoms in total. The third-order valence-corrected chi connectivity index (χ3v) is 3.40. The predicted octanol–water partition coefficient (Wildman–Crippen LogP) is 1.18. The van der Waals surface area contributed by atoms with Gasteiger partial charge in [0.1, 0.15) is 0 Å². The lowest BCUT2D eigenvalue weighted by Gasteiger charge is -2.16. The molecule has 0 bridgehead atoms. The average Bonchev–Trinajstić information content (AvgIpc) is 2.53. The Balaban J connectivity index is 2.04. The van der Waals surface area contributed by atoms with E-state index in [1.54, 1.807) is 7.11 Å². The zero-order valence-electron chi connectivity index (χ0n) is 6.99. The van der Waals surface area contributed by atoms with Gasteiger partial charge in [-0.1, -0.05) is 0 Å². The molecule has 0 amide bonds. The highest BCUT2D eigenvalue weighted by Gasteiger charge is 2.44. The topological polar surface area (TPSA) is 29.5 Å². The molecule has 64 valence electrons. The second kappa shape index (κ2) is 2.76. The summed E-state index contributed by atoms with van der Waals surface area (Å²) < 4.78 is 5.36. The Morgan fingerprint density at radius 3 is 2.55 bits per heavy atom. The Bertz CT molecular complexity index is 146. The maximum Gasteiger partial charge on any atom is 0.0603 e. The van der Waals surface area contributed by atoms with Gasteiger partial charge in [-0.05, 0) is 37.5 Å². The highest BCUT2D eigenvalue weighted by atomic mass is 16.5. The highest BCUT2D eigenvalue weighted by Crippen LogP contribution is 2.45. The van der Waals surface area contributed by atoms with E-state index in [-0.39, 0.29) is 6.10 Å². The van der Waals surface area contributed by atoms with E-state index in [1.165, 1.54) is 12.8 Å². The molecule has 0 aromatic carbocycles. The summed E-state index contributed by atoms with van der Waals surface area (Å²) in [5, 5.41) is 9.56. The largest absolute Gasteiger partial charge is 0.393 e. The summed E-state index contributed by atoms with van der Waals surface area (Å²) in [6.45, 7) is 0. The van der Waals surface area contributed by atoms with E-state index in [4.69, 9.17) is 4.74 Å². The lowest BCUT2D eigenvalue weighted by atomic mass is 9.98. The van der Waals surface area contributed by atoms with Gasteiger partial charge in [-0.25, -0.2) is 0 Å². The van der Waals surface area contributed by atoms with Gasteiger partial charge in [0.25, 0.3) is 0 Å². The Morgan fingerprint density at radius 2 is 1.82 bits per heavy atom. The number of methoxy groups -OCH3 is 1. The molecule has 2 aliphatic carbocycles. The van der Waals surface area contributed by atoms with E-state index < -0.39 is 0 Å². The van der Waals surface area contributed by atoms with Crippen LogP contribution in [0.15, 0.2) is 0 Å². The first-order chi connectivity index (χ1) is 5.33. The van der Waals surface area contributed by atoms with Crippen LogP contribution in [-0.2, 0) is 4.74 Å². The average molecular weight is 156 g/mol. The van der Waals surface area contributed by atoms with E-state index in [0.717, 1.165) is 12.8 Å². The molecule has 0 unspecified atom stereocenters. The molecule has 0 heterocycles. The molecule has 0 aromatic heterocycles. The van der Waals surface area contributed by atoms with Crippen LogP contribution in [0.4, 0.5) is 0 Å². The van der Waals surface area contributed by atoms with Gasteiger partial charge in [0.15, 0.2) is 0 Å². The number of hydrogen-bond acceptors (Lipinski definition) is 2. The van der Waals surface area contributed by atoms with Crippen LogP contribution >= 0.6 is 0 Å². The van der Waals surface area contributed by atoms with Crippen LogP contribution in [0.1, 0.15) is 25.7 Å². The van der Waals surface area contributed by atoms with Gasteiger partial charge >= 0.3 is 0 Å². The van der Waals surface area contributed by atoms with Crippen molar-refractivity contribution in [3.05, 3.63) is 0 Å². The monoisotopic (exact) mass is 156 g/mol. The van der Waals surface area contributed by atoms with Crippen molar-refractivity contribution in [2.75, 3.05) is 7.11 Å². The number of aliphatic hydroxyl groups is 1. The smallest absolute Gasteiger partial charge is 0.0603 e. The normalized spacial score (nSPS) is 49.6. The SMILES string of the molecule is CO[C@@H]1CC[C@H]2[C@@H]1CC[C@H]2O. The Morgan fingerprint density at radius 1 is 1.09 bits per heavy atom. The molecule has 0 spiro atoms. The van der Waals surface area contributed by atoms with Gasteiger partial charge in [0.05, 0.1) is 12.2 Å². The molecule has 0 aliphatic heterocycles. The number of fused-ring (bicyclic) bond motifs is 1. The number of ether oxygens (including phenoxy) is 1. The lowest BCUT2D eigenvalue weighted by molar-refractivity contribution is 0.0586. The van der Waals surface area contributed by atoms with Crippen molar-refractivity contribution in [2.45, 2.75) is 37.9 Å². The first-order valence-electron chi connectivity index (χ1n) is 4.54.